The van der Waals surface area contributed by atoms with Crippen molar-refractivity contribution in [2.45, 2.75) is 10.1 Å². The molecule has 5 rings (SSSR count). The normalized spacial score (nSPS) is 11.2. The van der Waals surface area contributed by atoms with E-state index in [-0.39, 0.29) is 5.91 Å². The number of hydrogen-bond donors (Lipinski definition) is 1. The predicted octanol–water partition coefficient (Wildman–Crippen LogP) is 5.98. The molecule has 0 atom stereocenters. The number of fused-ring (bicyclic) bond motifs is 3. The first-order valence-corrected chi connectivity index (χ1v) is 10.8. The van der Waals surface area contributed by atoms with Crippen molar-refractivity contribution in [3.8, 4) is 0 Å². The lowest BCUT2D eigenvalue weighted by Crippen LogP contribution is -2.11. The molecule has 7 heteroatoms. The molecule has 1 N–H and O–H groups in total. The Morgan fingerprint density at radius 2 is 1.72 bits per heavy atom. The molecule has 0 radical (unpaired) electrons. The van der Waals surface area contributed by atoms with Gasteiger partial charge in [-0.3, -0.25) is 10.1 Å². The standard InChI is InChI=1S/C22H15N3O2S2/c26-20(15-10-11-19-17(12-15)16-8-4-5-9-18(16)27-19)23-21-24-25-22(29-21)28-13-14-6-2-1-3-7-14/h1-12H,13H2,(H,23,24,26). The van der Waals surface area contributed by atoms with Gasteiger partial charge in [0.15, 0.2) is 4.34 Å². The van der Waals surface area contributed by atoms with E-state index in [0.29, 0.717) is 10.7 Å². The molecule has 3 aromatic carbocycles. The molecule has 2 aromatic heterocycles. The molecule has 1 amide bonds. The zero-order valence-corrected chi connectivity index (χ0v) is 16.8. The Morgan fingerprint density at radius 3 is 2.62 bits per heavy atom. The number of carbonyl (C=O) groups is 1. The van der Waals surface area contributed by atoms with E-state index in [2.05, 4.69) is 27.6 Å². The summed E-state index contributed by atoms with van der Waals surface area (Å²) >= 11 is 2.98. The summed E-state index contributed by atoms with van der Waals surface area (Å²) in [6.45, 7) is 0. The third-order valence-corrected chi connectivity index (χ3v) is 6.51. The highest BCUT2D eigenvalue weighted by molar-refractivity contribution is 8.00. The molecule has 0 aliphatic heterocycles. The van der Waals surface area contributed by atoms with Gasteiger partial charge in [0.1, 0.15) is 11.2 Å². The predicted molar refractivity (Wildman–Crippen MR) is 118 cm³/mol. The van der Waals surface area contributed by atoms with E-state index in [4.69, 9.17) is 4.42 Å². The fourth-order valence-electron chi connectivity index (χ4n) is 3.07. The quantitative estimate of drug-likeness (QED) is 0.281. The van der Waals surface area contributed by atoms with Gasteiger partial charge in [0.05, 0.1) is 0 Å². The van der Waals surface area contributed by atoms with Crippen molar-refractivity contribution in [1.29, 1.82) is 0 Å². The highest BCUT2D eigenvalue weighted by Crippen LogP contribution is 2.30. The zero-order valence-electron chi connectivity index (χ0n) is 15.2. The van der Waals surface area contributed by atoms with Crippen LogP contribution in [0.25, 0.3) is 21.9 Å². The maximum atomic E-state index is 12.7. The Bertz CT molecular complexity index is 1310. The number of thioether (sulfide) groups is 1. The molecule has 5 nitrogen and oxygen atoms in total. The summed E-state index contributed by atoms with van der Waals surface area (Å²) in [5.74, 6) is 0.598. The fraction of sp³-hybridized carbons (Fsp3) is 0.0455. The van der Waals surface area contributed by atoms with Gasteiger partial charge in [0.2, 0.25) is 5.13 Å². The first-order chi connectivity index (χ1) is 14.3. The molecule has 0 unspecified atom stereocenters. The first-order valence-electron chi connectivity index (χ1n) is 8.99. The summed E-state index contributed by atoms with van der Waals surface area (Å²) in [6.07, 6.45) is 0. The van der Waals surface area contributed by atoms with Crippen LogP contribution in [0.4, 0.5) is 5.13 Å². The molecule has 0 aliphatic carbocycles. The number of para-hydroxylation sites is 1. The van der Waals surface area contributed by atoms with Crippen LogP contribution in [0, 0.1) is 0 Å². The second-order valence-electron chi connectivity index (χ2n) is 6.41. The largest absolute Gasteiger partial charge is 0.456 e. The lowest BCUT2D eigenvalue weighted by Gasteiger charge is -2.01. The van der Waals surface area contributed by atoms with Crippen LogP contribution in [-0.4, -0.2) is 16.1 Å². The number of rotatable bonds is 5. The van der Waals surface area contributed by atoms with Gasteiger partial charge < -0.3 is 4.42 Å². The molecule has 0 bridgehead atoms. The van der Waals surface area contributed by atoms with Crippen LogP contribution in [0.3, 0.4) is 0 Å². The summed E-state index contributed by atoms with van der Waals surface area (Å²) in [4.78, 5) is 12.7. The van der Waals surface area contributed by atoms with Gasteiger partial charge in [-0.15, -0.1) is 10.2 Å². The smallest absolute Gasteiger partial charge is 0.257 e. The Balaban J connectivity index is 1.31. The van der Waals surface area contributed by atoms with E-state index >= 15 is 0 Å². The van der Waals surface area contributed by atoms with E-state index in [9.17, 15) is 4.79 Å². The van der Waals surface area contributed by atoms with Gasteiger partial charge >= 0.3 is 0 Å². The van der Waals surface area contributed by atoms with Crippen molar-refractivity contribution < 1.29 is 9.21 Å². The Hall–Kier alpha value is -3.16. The summed E-state index contributed by atoms with van der Waals surface area (Å²) in [5.41, 5.74) is 3.35. The Labute approximate surface area is 174 Å². The minimum Gasteiger partial charge on any atom is -0.456 e. The number of hydrogen-bond acceptors (Lipinski definition) is 6. The van der Waals surface area contributed by atoms with Crippen LogP contribution in [-0.2, 0) is 5.75 Å². The molecule has 0 aliphatic rings. The monoisotopic (exact) mass is 417 g/mol. The van der Waals surface area contributed by atoms with E-state index in [1.54, 1.807) is 17.8 Å². The van der Waals surface area contributed by atoms with Crippen LogP contribution < -0.4 is 5.32 Å². The average Bonchev–Trinajstić information content (AvgIpc) is 3.36. The zero-order chi connectivity index (χ0) is 19.6. The number of carbonyl (C=O) groups excluding carboxylic acids is 1. The average molecular weight is 418 g/mol. The lowest BCUT2D eigenvalue weighted by atomic mass is 10.1. The van der Waals surface area contributed by atoms with Crippen molar-refractivity contribution >= 4 is 56.1 Å². The van der Waals surface area contributed by atoms with Gasteiger partial charge in [-0.1, -0.05) is 71.6 Å². The number of furan rings is 1. The number of anilines is 1. The van der Waals surface area contributed by atoms with E-state index < -0.39 is 0 Å². The maximum Gasteiger partial charge on any atom is 0.257 e. The van der Waals surface area contributed by atoms with Gasteiger partial charge in [-0.25, -0.2) is 0 Å². The van der Waals surface area contributed by atoms with Crippen LogP contribution in [0.15, 0.2) is 81.6 Å². The molecular formula is C22H15N3O2S2. The highest BCUT2D eigenvalue weighted by atomic mass is 32.2. The van der Waals surface area contributed by atoms with E-state index in [1.165, 1.54) is 16.9 Å². The number of aromatic nitrogens is 2. The molecular weight excluding hydrogens is 402 g/mol. The van der Waals surface area contributed by atoms with Crippen molar-refractivity contribution in [3.63, 3.8) is 0 Å². The number of amides is 1. The molecule has 0 saturated carbocycles. The third kappa shape index (κ3) is 3.74. The third-order valence-electron chi connectivity index (χ3n) is 4.47. The highest BCUT2D eigenvalue weighted by Gasteiger charge is 2.13. The Kier molecular flexibility index (Phi) is 4.75. The second-order valence-corrected chi connectivity index (χ2v) is 8.61. The summed E-state index contributed by atoms with van der Waals surface area (Å²) in [6, 6.07) is 23.4. The SMILES string of the molecule is O=C(Nc1nnc(SCc2ccccc2)s1)c1ccc2oc3ccccc3c2c1. The first kappa shape index (κ1) is 17.9. The van der Waals surface area contributed by atoms with E-state index in [0.717, 1.165) is 32.0 Å². The van der Waals surface area contributed by atoms with Crippen LogP contribution in [0.1, 0.15) is 15.9 Å². The number of benzene rings is 3. The summed E-state index contributed by atoms with van der Waals surface area (Å²) < 4.78 is 6.64. The van der Waals surface area contributed by atoms with Crippen molar-refractivity contribution in [2.75, 3.05) is 5.32 Å². The lowest BCUT2D eigenvalue weighted by molar-refractivity contribution is 0.102. The van der Waals surface area contributed by atoms with Crippen LogP contribution in [0.5, 0.6) is 0 Å². The minimum atomic E-state index is -0.215. The molecule has 2 heterocycles. The summed E-state index contributed by atoms with van der Waals surface area (Å²) in [7, 11) is 0. The molecule has 29 heavy (non-hydrogen) atoms. The molecule has 0 fully saturated rings. The fourth-order valence-corrected chi connectivity index (χ4v) is 4.78. The maximum absolute atomic E-state index is 12.7. The van der Waals surface area contributed by atoms with Gasteiger partial charge in [-0.2, -0.15) is 0 Å². The second kappa shape index (κ2) is 7.69. The van der Waals surface area contributed by atoms with Crippen LogP contribution in [0.2, 0.25) is 0 Å². The minimum absolute atomic E-state index is 0.215. The summed E-state index contributed by atoms with van der Waals surface area (Å²) in [5, 5.41) is 13.5. The van der Waals surface area contributed by atoms with Gasteiger partial charge in [0.25, 0.3) is 5.91 Å². The van der Waals surface area contributed by atoms with E-state index in [1.807, 2.05) is 54.6 Å². The molecule has 5 aromatic rings. The topological polar surface area (TPSA) is 68.0 Å². The number of nitrogens with one attached hydrogen (secondary N) is 1. The molecule has 142 valence electrons. The van der Waals surface area contributed by atoms with Crippen LogP contribution >= 0.6 is 23.1 Å². The Morgan fingerprint density at radius 1 is 0.931 bits per heavy atom. The van der Waals surface area contributed by atoms with Crippen molar-refractivity contribution in [3.05, 3.63) is 83.9 Å². The molecule has 0 spiro atoms. The molecule has 0 saturated heterocycles. The van der Waals surface area contributed by atoms with Crippen molar-refractivity contribution in [1.82, 2.24) is 10.2 Å². The van der Waals surface area contributed by atoms with Gasteiger partial charge in [-0.05, 0) is 29.8 Å². The van der Waals surface area contributed by atoms with Gasteiger partial charge in [0, 0.05) is 22.1 Å². The number of nitrogens with zero attached hydrogens (tertiary/aromatic N) is 2. The van der Waals surface area contributed by atoms with Crippen molar-refractivity contribution in [2.24, 2.45) is 0 Å².